The molecular formula is C39H56N8O9S. The van der Waals surface area contributed by atoms with Crippen LogP contribution in [0.15, 0.2) is 53.8 Å². The summed E-state index contributed by atoms with van der Waals surface area (Å²) >= 11 is 0. The fourth-order valence-corrected chi connectivity index (χ4v) is 7.39. The third-order valence-electron chi connectivity index (χ3n) is 9.94. The van der Waals surface area contributed by atoms with Crippen LogP contribution in [0.4, 0.5) is 0 Å². The van der Waals surface area contributed by atoms with E-state index in [0.717, 1.165) is 19.3 Å². The number of nitrogens with zero attached hydrogens (tertiary/aromatic N) is 3. The van der Waals surface area contributed by atoms with Gasteiger partial charge in [0.2, 0.25) is 17.7 Å². The molecule has 1 aromatic heterocycles. The van der Waals surface area contributed by atoms with Gasteiger partial charge in [-0.2, -0.15) is 0 Å². The molecule has 6 N–H and O–H groups in total. The lowest BCUT2D eigenvalue weighted by atomic mass is 9.84. The summed E-state index contributed by atoms with van der Waals surface area (Å²) in [4.78, 5) is 104. The Kier molecular flexibility index (Phi) is 17.9. The van der Waals surface area contributed by atoms with E-state index < -0.39 is 87.9 Å². The lowest BCUT2D eigenvalue weighted by molar-refractivity contribution is -0.160. The Morgan fingerprint density at radius 1 is 0.860 bits per heavy atom. The Morgan fingerprint density at radius 2 is 1.53 bits per heavy atom. The second-order valence-electron chi connectivity index (χ2n) is 14.9. The van der Waals surface area contributed by atoms with Crippen LogP contribution >= 0.6 is 0 Å². The van der Waals surface area contributed by atoms with E-state index in [-0.39, 0.29) is 46.6 Å². The largest absolute Gasteiger partial charge is 0.342 e. The van der Waals surface area contributed by atoms with E-state index in [9.17, 15) is 42.0 Å². The maximum atomic E-state index is 14.5. The fraction of sp³-hybridized carbons (Fsp3) is 0.564. The molecule has 1 aliphatic carbocycles. The van der Waals surface area contributed by atoms with Crippen molar-refractivity contribution >= 4 is 51.4 Å². The molecule has 0 radical (unpaired) electrons. The highest BCUT2D eigenvalue weighted by Gasteiger charge is 2.41. The molecule has 1 heterocycles. The molecule has 312 valence electrons. The topological polar surface area (TPSA) is 257 Å². The number of hydrogen-bond acceptors (Lipinski definition) is 12. The van der Waals surface area contributed by atoms with Crippen molar-refractivity contribution in [1.82, 2.24) is 35.5 Å². The van der Waals surface area contributed by atoms with Gasteiger partial charge in [-0.05, 0) is 49.1 Å². The Morgan fingerprint density at radius 3 is 2.11 bits per heavy atom. The molecule has 17 nitrogen and oxygen atoms in total. The van der Waals surface area contributed by atoms with E-state index in [4.69, 9.17) is 5.73 Å². The zero-order chi connectivity index (χ0) is 42.3. The standard InChI is InChI=1S/C39H56N8O9S/c1-6-25(5)33(45-34(49)29(20-24(3)4)43-35(50)31-23-41-18-19-42-31)36(51)44-30(21-26-14-10-8-11-15-26)38(53)47(32(48)22-27(40)7-2)39(54)37(52)46-57(55,56)28-16-12-9-13-17-28/h9,12-13,16-19,23-27,29-30,33H,6-8,10-11,14-15,20-22,40H2,1-5H3,(H,43,50)(H,44,51)(H,45,49)(H,46,52)/t25-,27?,29-,30-,33-/m0/s1. The monoisotopic (exact) mass is 812 g/mol. The summed E-state index contributed by atoms with van der Waals surface area (Å²) in [6.07, 6.45) is 8.31. The molecule has 1 unspecified atom stereocenters. The van der Waals surface area contributed by atoms with E-state index >= 15 is 0 Å². The minimum atomic E-state index is -4.59. The van der Waals surface area contributed by atoms with Crippen molar-refractivity contribution in [3.63, 3.8) is 0 Å². The van der Waals surface area contributed by atoms with Crippen molar-refractivity contribution in [2.75, 3.05) is 0 Å². The van der Waals surface area contributed by atoms with Gasteiger partial charge in [-0.15, -0.1) is 0 Å². The predicted molar refractivity (Wildman–Crippen MR) is 209 cm³/mol. The lowest BCUT2D eigenvalue weighted by Gasteiger charge is -2.32. The van der Waals surface area contributed by atoms with E-state index in [1.807, 2.05) is 13.8 Å². The van der Waals surface area contributed by atoms with Crippen LogP contribution in [0, 0.1) is 17.8 Å². The lowest BCUT2D eigenvalue weighted by Crippen LogP contribution is -2.61. The number of imide groups is 3. The first-order valence-electron chi connectivity index (χ1n) is 19.4. The molecule has 18 heteroatoms. The van der Waals surface area contributed by atoms with Crippen molar-refractivity contribution in [2.45, 2.75) is 128 Å². The highest BCUT2D eigenvalue weighted by molar-refractivity contribution is 7.90. The summed E-state index contributed by atoms with van der Waals surface area (Å²) in [6, 6.07) is 2.03. The molecule has 0 aliphatic heterocycles. The zero-order valence-electron chi connectivity index (χ0n) is 33.2. The van der Waals surface area contributed by atoms with Crippen LogP contribution in [0.3, 0.4) is 0 Å². The van der Waals surface area contributed by atoms with Gasteiger partial charge < -0.3 is 21.7 Å². The summed E-state index contributed by atoms with van der Waals surface area (Å²) < 4.78 is 27.5. The first kappa shape index (κ1) is 46.3. The average molecular weight is 813 g/mol. The van der Waals surface area contributed by atoms with Gasteiger partial charge in [0.1, 0.15) is 23.8 Å². The molecule has 1 saturated carbocycles. The van der Waals surface area contributed by atoms with E-state index in [1.165, 1.54) is 42.9 Å². The van der Waals surface area contributed by atoms with Crippen LogP contribution in [0.2, 0.25) is 0 Å². The Hall–Kier alpha value is -5.10. The minimum absolute atomic E-state index is 0.0146. The number of nitrogens with one attached hydrogen (secondary N) is 4. The molecule has 3 rings (SSSR count). The third kappa shape index (κ3) is 13.8. The number of nitrogens with two attached hydrogens (primary N) is 1. The second kappa shape index (κ2) is 22.0. The summed E-state index contributed by atoms with van der Waals surface area (Å²) in [7, 11) is -4.59. The highest BCUT2D eigenvalue weighted by atomic mass is 32.2. The number of amides is 7. The maximum absolute atomic E-state index is 14.5. The van der Waals surface area contributed by atoms with Gasteiger partial charge in [0.25, 0.3) is 21.8 Å². The second-order valence-corrected chi connectivity index (χ2v) is 16.6. The van der Waals surface area contributed by atoms with E-state index in [0.29, 0.717) is 19.3 Å². The van der Waals surface area contributed by atoms with Gasteiger partial charge in [0, 0.05) is 24.9 Å². The van der Waals surface area contributed by atoms with Gasteiger partial charge in [-0.1, -0.05) is 91.3 Å². The normalized spacial score (nSPS) is 15.9. The van der Waals surface area contributed by atoms with Crippen molar-refractivity contribution in [3.05, 3.63) is 54.6 Å². The number of carbonyl (C=O) groups excluding carboxylic acids is 7. The Balaban J connectivity index is 1.97. The Bertz CT molecular complexity index is 1820. The van der Waals surface area contributed by atoms with Gasteiger partial charge in [-0.25, -0.2) is 23.0 Å². The molecule has 7 amide bonds. The quantitative estimate of drug-likeness (QED) is 0.136. The van der Waals surface area contributed by atoms with Crippen LogP contribution in [0.5, 0.6) is 0 Å². The number of rotatable bonds is 18. The third-order valence-corrected chi connectivity index (χ3v) is 11.3. The predicted octanol–water partition coefficient (Wildman–Crippen LogP) is 2.12. The molecule has 57 heavy (non-hydrogen) atoms. The van der Waals surface area contributed by atoms with Crippen LogP contribution in [-0.2, 0) is 38.8 Å². The highest BCUT2D eigenvalue weighted by Crippen LogP contribution is 2.28. The molecule has 5 atom stereocenters. The van der Waals surface area contributed by atoms with Gasteiger partial charge in [0.15, 0.2) is 0 Å². The van der Waals surface area contributed by atoms with Gasteiger partial charge >= 0.3 is 11.8 Å². The zero-order valence-corrected chi connectivity index (χ0v) is 34.0. The first-order valence-corrected chi connectivity index (χ1v) is 20.9. The average Bonchev–Trinajstić information content (AvgIpc) is 3.19. The first-order chi connectivity index (χ1) is 27.0. The van der Waals surface area contributed by atoms with Crippen molar-refractivity contribution in [3.8, 4) is 0 Å². The molecule has 2 aromatic rings. The van der Waals surface area contributed by atoms with E-state index in [1.54, 1.807) is 31.6 Å². The molecular weight excluding hydrogens is 757 g/mol. The van der Waals surface area contributed by atoms with Crippen LogP contribution in [-0.4, -0.2) is 88.8 Å². The van der Waals surface area contributed by atoms with Crippen LogP contribution < -0.4 is 26.4 Å². The van der Waals surface area contributed by atoms with Crippen LogP contribution in [0.25, 0.3) is 0 Å². The molecule has 1 aromatic carbocycles. The van der Waals surface area contributed by atoms with Crippen molar-refractivity contribution in [1.29, 1.82) is 0 Å². The Labute approximate surface area is 334 Å². The summed E-state index contributed by atoms with van der Waals surface area (Å²) in [5.74, 6) is -8.75. The smallest absolute Gasteiger partial charge is 0.326 e. The van der Waals surface area contributed by atoms with Crippen LogP contribution in [0.1, 0.15) is 109 Å². The molecule has 0 spiro atoms. The van der Waals surface area contributed by atoms with Gasteiger partial charge in [0.05, 0.1) is 11.1 Å². The molecule has 1 aliphatic rings. The van der Waals surface area contributed by atoms with Gasteiger partial charge in [-0.3, -0.25) is 38.5 Å². The minimum Gasteiger partial charge on any atom is -0.342 e. The maximum Gasteiger partial charge on any atom is 0.326 e. The number of carbonyl (C=O) groups is 7. The number of sulfonamides is 1. The fourth-order valence-electron chi connectivity index (χ4n) is 6.42. The summed E-state index contributed by atoms with van der Waals surface area (Å²) in [5.41, 5.74) is 6.00. The number of benzene rings is 1. The van der Waals surface area contributed by atoms with Crippen molar-refractivity contribution in [2.24, 2.45) is 23.5 Å². The van der Waals surface area contributed by atoms with Crippen molar-refractivity contribution < 1.29 is 42.0 Å². The number of hydrogen-bond donors (Lipinski definition) is 5. The molecule has 0 saturated heterocycles. The summed E-state index contributed by atoms with van der Waals surface area (Å²) in [5, 5.41) is 8.07. The molecule has 1 fully saturated rings. The SMILES string of the molecule is CCC(N)CC(=O)N(C(=O)C(=O)NS(=O)(=O)c1ccccc1)C(=O)[C@H](CC1CCCCC1)NC(=O)[C@@H](NC(=O)[C@H](CC(C)C)NC(=O)c1cnccn1)[C@@H](C)CC. The van der Waals surface area contributed by atoms with E-state index in [2.05, 4.69) is 25.9 Å². The number of aromatic nitrogens is 2. The molecule has 0 bridgehead atoms. The summed E-state index contributed by atoms with van der Waals surface area (Å²) in [6.45, 7) is 8.89.